The molecule has 0 radical (unpaired) electrons. The number of rotatable bonds is 3. The molecule has 15 heavy (non-hydrogen) atoms. The fraction of sp³-hybridized carbons (Fsp3) is 0.0769. The van der Waals surface area contributed by atoms with Crippen LogP contribution in [0.5, 0.6) is 0 Å². The van der Waals surface area contributed by atoms with E-state index in [-0.39, 0.29) is 0 Å². The molecule has 0 aliphatic rings. The highest BCUT2D eigenvalue weighted by Crippen LogP contribution is 2.07. The molecule has 0 aliphatic carbocycles. The number of hydrogen-bond acceptors (Lipinski definition) is 1. The minimum atomic E-state index is 0.879. The predicted molar refractivity (Wildman–Crippen MR) is 68.4 cm³/mol. The first-order chi connectivity index (χ1) is 7.34. The molecule has 0 heterocycles. The number of nitrogens with one attached hydrogen (secondary N) is 1. The Hall–Kier alpha value is -1.70. The van der Waals surface area contributed by atoms with Gasteiger partial charge in [0.25, 0.3) is 0 Å². The van der Waals surface area contributed by atoms with Crippen LogP contribution in [0.25, 0.3) is 0 Å². The van der Waals surface area contributed by atoms with Gasteiger partial charge in [-0.25, -0.2) is 0 Å². The first-order valence-electron chi connectivity index (χ1n) is 5.19. The standard InChI is InChI=1S/C13H14BN/c14-12-8-6-11(7-9-12)10-15-13-4-2-1-3-5-13/h1-9,15H,10,14H2. The third-order valence-corrected chi connectivity index (χ3v) is 2.39. The van der Waals surface area contributed by atoms with E-state index in [1.165, 1.54) is 11.0 Å². The fourth-order valence-electron chi connectivity index (χ4n) is 1.47. The van der Waals surface area contributed by atoms with Crippen LogP contribution in [0.4, 0.5) is 5.69 Å². The molecule has 0 aromatic heterocycles. The van der Waals surface area contributed by atoms with Crippen molar-refractivity contribution in [1.82, 2.24) is 0 Å². The molecule has 1 nitrogen and oxygen atoms in total. The summed E-state index contributed by atoms with van der Waals surface area (Å²) in [7, 11) is 2.11. The van der Waals surface area contributed by atoms with E-state index in [9.17, 15) is 0 Å². The molecule has 0 bridgehead atoms. The minimum absolute atomic E-state index is 0.879. The molecule has 0 fully saturated rings. The van der Waals surface area contributed by atoms with Crippen molar-refractivity contribution in [3.8, 4) is 0 Å². The van der Waals surface area contributed by atoms with E-state index < -0.39 is 0 Å². The van der Waals surface area contributed by atoms with Gasteiger partial charge in [0, 0.05) is 12.2 Å². The van der Waals surface area contributed by atoms with Crippen LogP contribution in [0.15, 0.2) is 54.6 Å². The lowest BCUT2D eigenvalue weighted by Crippen LogP contribution is -2.03. The Balaban J connectivity index is 1.96. The van der Waals surface area contributed by atoms with Gasteiger partial charge in [0.15, 0.2) is 0 Å². The van der Waals surface area contributed by atoms with Crippen LogP contribution in [0.2, 0.25) is 0 Å². The van der Waals surface area contributed by atoms with Crippen LogP contribution in [0, 0.1) is 0 Å². The quantitative estimate of drug-likeness (QED) is 0.732. The highest BCUT2D eigenvalue weighted by molar-refractivity contribution is 6.32. The molecule has 2 heteroatoms. The second-order valence-electron chi connectivity index (χ2n) is 3.71. The van der Waals surface area contributed by atoms with E-state index in [1.807, 2.05) is 18.2 Å². The van der Waals surface area contributed by atoms with E-state index in [2.05, 4.69) is 49.6 Å². The van der Waals surface area contributed by atoms with Crippen LogP contribution in [-0.4, -0.2) is 7.85 Å². The average molecular weight is 195 g/mol. The Morgan fingerprint density at radius 2 is 1.53 bits per heavy atom. The van der Waals surface area contributed by atoms with Gasteiger partial charge in [0.2, 0.25) is 0 Å². The second-order valence-corrected chi connectivity index (χ2v) is 3.71. The zero-order chi connectivity index (χ0) is 10.5. The normalized spacial score (nSPS) is 9.87. The van der Waals surface area contributed by atoms with Gasteiger partial charge in [0.1, 0.15) is 7.85 Å². The summed E-state index contributed by atoms with van der Waals surface area (Å²) in [6.07, 6.45) is 0. The second kappa shape index (κ2) is 4.69. The number of benzene rings is 2. The lowest BCUT2D eigenvalue weighted by atomic mass is 9.95. The van der Waals surface area contributed by atoms with Crippen molar-refractivity contribution in [3.63, 3.8) is 0 Å². The van der Waals surface area contributed by atoms with Gasteiger partial charge in [0.05, 0.1) is 0 Å². The monoisotopic (exact) mass is 195 g/mol. The summed E-state index contributed by atoms with van der Waals surface area (Å²) in [4.78, 5) is 0. The summed E-state index contributed by atoms with van der Waals surface area (Å²) in [6, 6.07) is 18.9. The maximum atomic E-state index is 3.38. The molecular formula is C13H14BN. The Morgan fingerprint density at radius 1 is 0.867 bits per heavy atom. The predicted octanol–water partition coefficient (Wildman–Crippen LogP) is 1.56. The first-order valence-corrected chi connectivity index (χ1v) is 5.19. The molecule has 2 rings (SSSR count). The van der Waals surface area contributed by atoms with Crippen molar-refractivity contribution in [2.75, 3.05) is 5.32 Å². The SMILES string of the molecule is Bc1ccc(CNc2ccccc2)cc1. The van der Waals surface area contributed by atoms with Crippen molar-refractivity contribution < 1.29 is 0 Å². The third kappa shape index (κ3) is 2.88. The van der Waals surface area contributed by atoms with E-state index in [1.54, 1.807) is 0 Å². The molecule has 0 unspecified atom stereocenters. The summed E-state index contributed by atoms with van der Waals surface area (Å²) in [6.45, 7) is 0.879. The summed E-state index contributed by atoms with van der Waals surface area (Å²) in [5.41, 5.74) is 3.78. The largest absolute Gasteiger partial charge is 0.381 e. The van der Waals surface area contributed by atoms with E-state index >= 15 is 0 Å². The molecule has 0 spiro atoms. The summed E-state index contributed by atoms with van der Waals surface area (Å²) < 4.78 is 0. The molecule has 0 saturated heterocycles. The van der Waals surface area contributed by atoms with E-state index in [4.69, 9.17) is 0 Å². The summed E-state index contributed by atoms with van der Waals surface area (Å²) >= 11 is 0. The minimum Gasteiger partial charge on any atom is -0.381 e. The highest BCUT2D eigenvalue weighted by Gasteiger charge is 1.92. The first kappa shape index (κ1) is 9.84. The van der Waals surface area contributed by atoms with Crippen molar-refractivity contribution >= 4 is 19.0 Å². The van der Waals surface area contributed by atoms with Crippen molar-refractivity contribution in [2.45, 2.75) is 6.54 Å². The average Bonchev–Trinajstić information content (AvgIpc) is 2.30. The smallest absolute Gasteiger partial charge is 0.139 e. The van der Waals surface area contributed by atoms with Gasteiger partial charge in [-0.3, -0.25) is 0 Å². The van der Waals surface area contributed by atoms with Gasteiger partial charge in [-0.05, 0) is 17.7 Å². The van der Waals surface area contributed by atoms with Crippen molar-refractivity contribution in [1.29, 1.82) is 0 Å². The number of anilines is 1. The maximum Gasteiger partial charge on any atom is 0.139 e. The molecule has 1 N–H and O–H groups in total. The molecule has 0 aliphatic heterocycles. The zero-order valence-electron chi connectivity index (χ0n) is 8.90. The van der Waals surface area contributed by atoms with Gasteiger partial charge in [-0.15, -0.1) is 0 Å². The Morgan fingerprint density at radius 3 is 2.20 bits per heavy atom. The lowest BCUT2D eigenvalue weighted by Gasteiger charge is -2.06. The van der Waals surface area contributed by atoms with Crippen LogP contribution in [0.3, 0.4) is 0 Å². The highest BCUT2D eigenvalue weighted by atomic mass is 14.9. The zero-order valence-corrected chi connectivity index (χ0v) is 8.90. The number of hydrogen-bond donors (Lipinski definition) is 1. The van der Waals surface area contributed by atoms with Crippen molar-refractivity contribution in [3.05, 3.63) is 60.2 Å². The maximum absolute atomic E-state index is 3.38. The van der Waals surface area contributed by atoms with Gasteiger partial charge in [-0.1, -0.05) is 47.9 Å². The van der Waals surface area contributed by atoms with Crippen LogP contribution < -0.4 is 10.8 Å². The van der Waals surface area contributed by atoms with Gasteiger partial charge < -0.3 is 5.32 Å². The fourth-order valence-corrected chi connectivity index (χ4v) is 1.47. The Bertz CT molecular complexity index is 408. The Labute approximate surface area is 91.6 Å². The number of para-hydroxylation sites is 1. The molecule has 0 amide bonds. The third-order valence-electron chi connectivity index (χ3n) is 2.39. The summed E-state index contributed by atoms with van der Waals surface area (Å²) in [5.74, 6) is 0. The molecule has 2 aromatic rings. The summed E-state index contributed by atoms with van der Waals surface area (Å²) in [5, 5.41) is 3.38. The van der Waals surface area contributed by atoms with Gasteiger partial charge >= 0.3 is 0 Å². The van der Waals surface area contributed by atoms with E-state index in [0.29, 0.717) is 0 Å². The van der Waals surface area contributed by atoms with Crippen LogP contribution in [0.1, 0.15) is 5.56 Å². The van der Waals surface area contributed by atoms with Crippen LogP contribution >= 0.6 is 0 Å². The molecule has 0 atom stereocenters. The topological polar surface area (TPSA) is 12.0 Å². The molecule has 74 valence electrons. The van der Waals surface area contributed by atoms with Gasteiger partial charge in [-0.2, -0.15) is 0 Å². The Kier molecular flexibility index (Phi) is 3.08. The van der Waals surface area contributed by atoms with Crippen LogP contribution in [-0.2, 0) is 6.54 Å². The molecule has 2 aromatic carbocycles. The lowest BCUT2D eigenvalue weighted by molar-refractivity contribution is 1.15. The van der Waals surface area contributed by atoms with E-state index in [0.717, 1.165) is 12.2 Å². The molecule has 0 saturated carbocycles. The van der Waals surface area contributed by atoms with Crippen molar-refractivity contribution in [2.24, 2.45) is 0 Å². The molecular weight excluding hydrogens is 181 g/mol.